The summed E-state index contributed by atoms with van der Waals surface area (Å²) < 4.78 is 33.5. The molecule has 3 aromatic rings. The van der Waals surface area contributed by atoms with Crippen LogP contribution in [0.2, 0.25) is 0 Å². The minimum absolute atomic E-state index is 0.124. The van der Waals surface area contributed by atoms with E-state index in [0.717, 1.165) is 21.9 Å². The first-order valence-electron chi connectivity index (χ1n) is 10.5. The largest absolute Gasteiger partial charge is 0.494 e. The minimum Gasteiger partial charge on any atom is -0.494 e. The van der Waals surface area contributed by atoms with Crippen LogP contribution in [0.3, 0.4) is 0 Å². The van der Waals surface area contributed by atoms with Crippen LogP contribution >= 0.6 is 0 Å². The number of carbonyl (C=O) groups is 1. The molecular weight excluding hydrogens is 424 g/mol. The second-order valence-corrected chi connectivity index (χ2v) is 9.17. The first kappa shape index (κ1) is 23.3. The number of anilines is 2. The van der Waals surface area contributed by atoms with Gasteiger partial charge < -0.3 is 10.1 Å². The molecule has 0 aliphatic heterocycles. The molecule has 0 saturated carbocycles. The lowest BCUT2D eigenvalue weighted by molar-refractivity contribution is -0.114. The molecule has 6 nitrogen and oxygen atoms in total. The lowest BCUT2D eigenvalue weighted by atomic mass is 10.1. The Balaban J connectivity index is 1.94. The smallest absolute Gasteiger partial charge is 0.264 e. The standard InChI is InChI=1S/C25H28N2O4S/c1-4-20-8-6-7-9-24(20)26-25(28)18-27(21-12-14-22(15-13-21)31-5-2)32(29,30)23-16-10-19(3)11-17-23/h6-17H,4-5,18H2,1-3H3,(H,26,28). The Labute approximate surface area is 189 Å². The van der Waals surface area contributed by atoms with Crippen LogP contribution in [0.25, 0.3) is 0 Å². The molecule has 0 aromatic heterocycles. The average Bonchev–Trinajstić information content (AvgIpc) is 2.79. The van der Waals surface area contributed by atoms with E-state index >= 15 is 0 Å². The number of aryl methyl sites for hydroxylation is 2. The van der Waals surface area contributed by atoms with Crippen LogP contribution < -0.4 is 14.4 Å². The molecule has 3 aromatic carbocycles. The molecule has 1 amide bonds. The maximum absolute atomic E-state index is 13.5. The topological polar surface area (TPSA) is 75.7 Å². The van der Waals surface area contributed by atoms with Gasteiger partial charge in [0.25, 0.3) is 10.0 Å². The van der Waals surface area contributed by atoms with Gasteiger partial charge >= 0.3 is 0 Å². The van der Waals surface area contributed by atoms with Crippen molar-refractivity contribution in [3.05, 3.63) is 83.9 Å². The molecule has 0 unspecified atom stereocenters. The Hall–Kier alpha value is -3.32. The van der Waals surface area contributed by atoms with Crippen LogP contribution in [0.4, 0.5) is 11.4 Å². The van der Waals surface area contributed by atoms with E-state index in [0.29, 0.717) is 23.7 Å². The van der Waals surface area contributed by atoms with Crippen molar-refractivity contribution in [2.24, 2.45) is 0 Å². The molecule has 3 rings (SSSR count). The van der Waals surface area contributed by atoms with Crippen molar-refractivity contribution in [2.45, 2.75) is 32.1 Å². The van der Waals surface area contributed by atoms with Gasteiger partial charge in [0.2, 0.25) is 5.91 Å². The average molecular weight is 453 g/mol. The van der Waals surface area contributed by atoms with Gasteiger partial charge in [0.05, 0.1) is 17.2 Å². The van der Waals surface area contributed by atoms with Crippen LogP contribution in [0.1, 0.15) is 25.0 Å². The van der Waals surface area contributed by atoms with Crippen LogP contribution in [0, 0.1) is 6.92 Å². The lowest BCUT2D eigenvalue weighted by Gasteiger charge is -2.24. The zero-order valence-corrected chi connectivity index (χ0v) is 19.4. The van der Waals surface area contributed by atoms with Gasteiger partial charge in [0, 0.05) is 5.69 Å². The van der Waals surface area contributed by atoms with Crippen LogP contribution in [-0.4, -0.2) is 27.5 Å². The van der Waals surface area contributed by atoms with Crippen molar-refractivity contribution in [3.63, 3.8) is 0 Å². The predicted octanol–water partition coefficient (Wildman–Crippen LogP) is 4.79. The van der Waals surface area contributed by atoms with Gasteiger partial charge in [-0.25, -0.2) is 8.42 Å². The normalized spacial score (nSPS) is 11.1. The number of sulfonamides is 1. The highest BCUT2D eigenvalue weighted by Gasteiger charge is 2.27. The van der Waals surface area contributed by atoms with Crippen molar-refractivity contribution < 1.29 is 17.9 Å². The number of nitrogens with one attached hydrogen (secondary N) is 1. The Morgan fingerprint density at radius 2 is 1.59 bits per heavy atom. The Morgan fingerprint density at radius 3 is 2.22 bits per heavy atom. The summed E-state index contributed by atoms with van der Waals surface area (Å²) in [6.07, 6.45) is 0.751. The molecule has 1 N–H and O–H groups in total. The van der Waals surface area contributed by atoms with Crippen molar-refractivity contribution >= 4 is 27.3 Å². The molecule has 0 fully saturated rings. The highest BCUT2D eigenvalue weighted by atomic mass is 32.2. The van der Waals surface area contributed by atoms with Crippen molar-refractivity contribution in [3.8, 4) is 5.75 Å². The highest BCUT2D eigenvalue weighted by Crippen LogP contribution is 2.26. The van der Waals surface area contributed by atoms with Crippen LogP contribution in [0.5, 0.6) is 5.75 Å². The number of ether oxygens (including phenoxy) is 1. The van der Waals surface area contributed by atoms with Gasteiger partial charge in [0.15, 0.2) is 0 Å². The van der Waals surface area contributed by atoms with E-state index in [1.165, 1.54) is 0 Å². The fraction of sp³-hybridized carbons (Fsp3) is 0.240. The van der Waals surface area contributed by atoms with Crippen molar-refractivity contribution in [1.29, 1.82) is 0 Å². The fourth-order valence-electron chi connectivity index (χ4n) is 3.30. The van der Waals surface area contributed by atoms with E-state index < -0.39 is 15.9 Å². The first-order chi connectivity index (χ1) is 15.3. The summed E-state index contributed by atoms with van der Waals surface area (Å²) in [6.45, 7) is 5.91. The first-order valence-corrected chi connectivity index (χ1v) is 12.0. The van der Waals surface area contributed by atoms with Crippen molar-refractivity contribution in [2.75, 3.05) is 22.8 Å². The number of hydrogen-bond donors (Lipinski definition) is 1. The lowest BCUT2D eigenvalue weighted by Crippen LogP contribution is -2.38. The summed E-state index contributed by atoms with van der Waals surface area (Å²) in [5.74, 6) is 0.209. The highest BCUT2D eigenvalue weighted by molar-refractivity contribution is 7.92. The third-order valence-electron chi connectivity index (χ3n) is 5.00. The SMILES string of the molecule is CCOc1ccc(N(CC(=O)Nc2ccccc2CC)S(=O)(=O)c2ccc(C)cc2)cc1. The summed E-state index contributed by atoms with van der Waals surface area (Å²) in [7, 11) is -3.97. The molecular formula is C25H28N2O4S. The van der Waals surface area contributed by atoms with Gasteiger partial charge in [-0.2, -0.15) is 0 Å². The van der Waals surface area contributed by atoms with E-state index in [-0.39, 0.29) is 11.4 Å². The number of amides is 1. The summed E-state index contributed by atoms with van der Waals surface area (Å²) >= 11 is 0. The molecule has 0 spiro atoms. The molecule has 0 radical (unpaired) electrons. The molecule has 168 valence electrons. The van der Waals surface area contributed by atoms with Gasteiger partial charge in [-0.1, -0.05) is 42.8 Å². The summed E-state index contributed by atoms with van der Waals surface area (Å²) in [5, 5.41) is 2.86. The van der Waals surface area contributed by atoms with E-state index in [1.807, 2.05) is 45.0 Å². The molecule has 7 heteroatoms. The second-order valence-electron chi connectivity index (χ2n) is 7.31. The second kappa shape index (κ2) is 10.3. The third-order valence-corrected chi connectivity index (χ3v) is 6.79. The van der Waals surface area contributed by atoms with E-state index in [1.54, 1.807) is 48.5 Å². The number of benzene rings is 3. The zero-order chi connectivity index (χ0) is 23.1. The number of hydrogen-bond acceptors (Lipinski definition) is 4. The number of rotatable bonds is 9. The maximum Gasteiger partial charge on any atom is 0.264 e. The third kappa shape index (κ3) is 5.48. The number of carbonyl (C=O) groups excluding carboxylic acids is 1. The van der Waals surface area contributed by atoms with E-state index in [2.05, 4.69) is 5.32 Å². The van der Waals surface area contributed by atoms with Gasteiger partial charge in [-0.05, 0) is 68.3 Å². The Morgan fingerprint density at radius 1 is 0.938 bits per heavy atom. The van der Waals surface area contributed by atoms with Crippen LogP contribution in [0.15, 0.2) is 77.7 Å². The maximum atomic E-state index is 13.5. The fourth-order valence-corrected chi connectivity index (χ4v) is 4.72. The number of para-hydroxylation sites is 1. The number of nitrogens with zero attached hydrogens (tertiary/aromatic N) is 1. The molecule has 0 atom stereocenters. The van der Waals surface area contributed by atoms with Crippen molar-refractivity contribution in [1.82, 2.24) is 0 Å². The monoisotopic (exact) mass is 452 g/mol. The zero-order valence-electron chi connectivity index (χ0n) is 18.5. The summed E-state index contributed by atoms with van der Waals surface area (Å²) in [4.78, 5) is 13.0. The quantitative estimate of drug-likeness (QED) is 0.506. The molecule has 0 aliphatic rings. The van der Waals surface area contributed by atoms with E-state index in [4.69, 9.17) is 4.74 Å². The van der Waals surface area contributed by atoms with Crippen LogP contribution in [-0.2, 0) is 21.2 Å². The van der Waals surface area contributed by atoms with Gasteiger partial charge in [-0.3, -0.25) is 9.10 Å². The van der Waals surface area contributed by atoms with Gasteiger partial charge in [-0.15, -0.1) is 0 Å². The predicted molar refractivity (Wildman–Crippen MR) is 128 cm³/mol. The molecule has 0 heterocycles. The van der Waals surface area contributed by atoms with E-state index in [9.17, 15) is 13.2 Å². The molecule has 0 aliphatic carbocycles. The Kier molecular flexibility index (Phi) is 7.53. The minimum atomic E-state index is -3.97. The Bertz CT molecular complexity index is 1160. The van der Waals surface area contributed by atoms with Gasteiger partial charge in [0.1, 0.15) is 12.3 Å². The molecule has 32 heavy (non-hydrogen) atoms. The molecule has 0 bridgehead atoms. The molecule has 0 saturated heterocycles. The summed E-state index contributed by atoms with van der Waals surface area (Å²) in [5.41, 5.74) is 2.99. The summed E-state index contributed by atoms with van der Waals surface area (Å²) in [6, 6.07) is 20.7.